The highest BCUT2D eigenvalue weighted by Gasteiger charge is 2.42. The van der Waals surface area contributed by atoms with Gasteiger partial charge in [-0.2, -0.15) is 0 Å². The summed E-state index contributed by atoms with van der Waals surface area (Å²) in [5.74, 6) is 0. The lowest BCUT2D eigenvalue weighted by molar-refractivity contribution is -0.185. The highest BCUT2D eigenvalue weighted by molar-refractivity contribution is 5.37. The molecule has 4 N–H and O–H groups in total. The molecule has 0 amide bonds. The van der Waals surface area contributed by atoms with Crippen LogP contribution in [0.2, 0.25) is 0 Å². The van der Waals surface area contributed by atoms with Crippen molar-refractivity contribution in [2.24, 2.45) is 0 Å². The van der Waals surface area contributed by atoms with Gasteiger partial charge in [-0.05, 0) is 11.1 Å². The Kier molecular flexibility index (Phi) is 3.97. The normalized spacial score (nSPS) is 13.5. The van der Waals surface area contributed by atoms with Crippen LogP contribution in [0.1, 0.15) is 11.1 Å². The summed E-state index contributed by atoms with van der Waals surface area (Å²) < 4.78 is 0. The average molecular weight is 260 g/mol. The highest BCUT2D eigenvalue weighted by Crippen LogP contribution is 2.33. The molecule has 0 fully saturated rings. The summed E-state index contributed by atoms with van der Waals surface area (Å²) in [4.78, 5) is 0. The van der Waals surface area contributed by atoms with Crippen molar-refractivity contribution < 1.29 is 20.4 Å². The molecule has 0 bridgehead atoms. The number of rotatable bonds is 4. The molecule has 1 atom stereocenters. The van der Waals surface area contributed by atoms with E-state index in [1.54, 1.807) is 60.7 Å². The molecule has 0 spiro atoms. The van der Waals surface area contributed by atoms with E-state index in [9.17, 15) is 20.4 Å². The third kappa shape index (κ3) is 2.52. The molecule has 2 rings (SSSR count). The third-order valence-corrected chi connectivity index (χ3v) is 3.14. The Labute approximate surface area is 111 Å². The lowest BCUT2D eigenvalue weighted by Crippen LogP contribution is -2.47. The fourth-order valence-corrected chi connectivity index (χ4v) is 2.11. The summed E-state index contributed by atoms with van der Waals surface area (Å²) in [5, 5.41) is 39.3. The molecule has 100 valence electrons. The second kappa shape index (κ2) is 5.50. The van der Waals surface area contributed by atoms with Crippen LogP contribution in [0.3, 0.4) is 0 Å². The van der Waals surface area contributed by atoms with E-state index in [0.717, 1.165) is 0 Å². The van der Waals surface area contributed by atoms with Crippen LogP contribution in [0.15, 0.2) is 60.7 Å². The van der Waals surface area contributed by atoms with Crippen molar-refractivity contribution in [3.8, 4) is 0 Å². The number of aliphatic hydroxyl groups is 4. The van der Waals surface area contributed by atoms with Crippen molar-refractivity contribution in [1.29, 1.82) is 0 Å². The minimum atomic E-state index is -2.05. The van der Waals surface area contributed by atoms with Crippen LogP contribution >= 0.6 is 0 Å². The lowest BCUT2D eigenvalue weighted by Gasteiger charge is -2.34. The van der Waals surface area contributed by atoms with Gasteiger partial charge in [-0.25, -0.2) is 0 Å². The van der Waals surface area contributed by atoms with Crippen LogP contribution in [-0.2, 0) is 5.60 Å². The van der Waals surface area contributed by atoms with Crippen LogP contribution < -0.4 is 0 Å². The Morgan fingerprint density at radius 3 is 1.37 bits per heavy atom. The number of aliphatic hydroxyl groups excluding tert-OH is 2. The first-order valence-corrected chi connectivity index (χ1v) is 5.94. The zero-order valence-electron chi connectivity index (χ0n) is 10.2. The predicted molar refractivity (Wildman–Crippen MR) is 70.1 cm³/mol. The van der Waals surface area contributed by atoms with Crippen LogP contribution in [0.25, 0.3) is 0 Å². The minimum absolute atomic E-state index is 0.391. The molecule has 0 aliphatic heterocycles. The molecule has 0 heterocycles. The maximum atomic E-state index is 10.8. The molecule has 4 heteroatoms. The zero-order chi connectivity index (χ0) is 13.9. The molecule has 0 saturated heterocycles. The van der Waals surface area contributed by atoms with Crippen molar-refractivity contribution in [2.45, 2.75) is 18.0 Å². The van der Waals surface area contributed by atoms with Crippen molar-refractivity contribution in [3.05, 3.63) is 71.8 Å². The average Bonchev–Trinajstić information content (AvgIpc) is 2.47. The Morgan fingerprint density at radius 2 is 1.05 bits per heavy atom. The molecule has 19 heavy (non-hydrogen) atoms. The molecular formula is C15H16O4. The largest absolute Gasteiger partial charge is 0.384 e. The Bertz CT molecular complexity index is 471. The van der Waals surface area contributed by atoms with Gasteiger partial charge in [0.15, 0.2) is 6.29 Å². The van der Waals surface area contributed by atoms with Crippen LogP contribution in [0.4, 0.5) is 0 Å². The number of hydrogen-bond donors (Lipinski definition) is 4. The van der Waals surface area contributed by atoms with Crippen LogP contribution in [0.5, 0.6) is 0 Å². The first kappa shape index (κ1) is 13.7. The van der Waals surface area contributed by atoms with Gasteiger partial charge in [-0.3, -0.25) is 0 Å². The topological polar surface area (TPSA) is 80.9 Å². The van der Waals surface area contributed by atoms with Gasteiger partial charge in [0.25, 0.3) is 0 Å². The molecule has 0 aliphatic carbocycles. The summed E-state index contributed by atoms with van der Waals surface area (Å²) in [5.41, 5.74) is -1.10. The smallest absolute Gasteiger partial charge is 0.181 e. The van der Waals surface area contributed by atoms with E-state index in [0.29, 0.717) is 11.1 Å². The summed E-state index contributed by atoms with van der Waals surface area (Å²) in [6.45, 7) is 0. The summed E-state index contributed by atoms with van der Waals surface area (Å²) in [6.07, 6.45) is -3.80. The van der Waals surface area contributed by atoms with E-state index in [4.69, 9.17) is 0 Å². The fraction of sp³-hybridized carbons (Fsp3) is 0.200. The van der Waals surface area contributed by atoms with Gasteiger partial charge in [0.05, 0.1) is 0 Å². The third-order valence-electron chi connectivity index (χ3n) is 3.14. The van der Waals surface area contributed by atoms with E-state index in [1.807, 2.05) is 0 Å². The summed E-state index contributed by atoms with van der Waals surface area (Å²) in [7, 11) is 0. The number of benzene rings is 2. The number of hydrogen-bond acceptors (Lipinski definition) is 4. The highest BCUT2D eigenvalue weighted by atomic mass is 16.5. The maximum absolute atomic E-state index is 10.8. The van der Waals surface area contributed by atoms with E-state index in [2.05, 4.69) is 0 Å². The van der Waals surface area contributed by atoms with E-state index in [1.165, 1.54) is 0 Å². The molecular weight excluding hydrogens is 244 g/mol. The van der Waals surface area contributed by atoms with Gasteiger partial charge in [0, 0.05) is 0 Å². The maximum Gasteiger partial charge on any atom is 0.181 e. The Balaban J connectivity index is 2.57. The molecule has 0 aliphatic rings. The van der Waals surface area contributed by atoms with Gasteiger partial charge in [-0.1, -0.05) is 60.7 Å². The second-order valence-electron chi connectivity index (χ2n) is 4.36. The monoisotopic (exact) mass is 260 g/mol. The SMILES string of the molecule is OC(O)C(O)C(O)(c1ccccc1)c1ccccc1. The standard InChI is InChI=1S/C15H16O4/c16-13(14(17)18)15(19,11-7-3-1-4-8-11)12-9-5-2-6-10-12/h1-10,13-14,16-19H. The van der Waals surface area contributed by atoms with Gasteiger partial charge in [0.2, 0.25) is 0 Å². The first-order chi connectivity index (χ1) is 9.06. The van der Waals surface area contributed by atoms with E-state index in [-0.39, 0.29) is 0 Å². The fourth-order valence-electron chi connectivity index (χ4n) is 2.11. The van der Waals surface area contributed by atoms with Crippen molar-refractivity contribution in [3.63, 3.8) is 0 Å². The predicted octanol–water partition coefficient (Wildman–Crippen LogP) is 0.594. The molecule has 1 unspecified atom stereocenters. The Hall–Kier alpha value is -1.72. The van der Waals surface area contributed by atoms with E-state index >= 15 is 0 Å². The Morgan fingerprint density at radius 1 is 0.684 bits per heavy atom. The van der Waals surface area contributed by atoms with Crippen molar-refractivity contribution in [1.82, 2.24) is 0 Å². The van der Waals surface area contributed by atoms with Crippen molar-refractivity contribution >= 4 is 0 Å². The summed E-state index contributed by atoms with van der Waals surface area (Å²) >= 11 is 0. The van der Waals surface area contributed by atoms with Gasteiger partial charge in [0.1, 0.15) is 11.7 Å². The van der Waals surface area contributed by atoms with Crippen LogP contribution in [0, 0.1) is 0 Å². The summed E-state index contributed by atoms with van der Waals surface area (Å²) in [6, 6.07) is 16.9. The zero-order valence-corrected chi connectivity index (χ0v) is 10.2. The quantitative estimate of drug-likeness (QED) is 0.607. The minimum Gasteiger partial charge on any atom is -0.384 e. The van der Waals surface area contributed by atoms with Gasteiger partial charge >= 0.3 is 0 Å². The second-order valence-corrected chi connectivity index (χ2v) is 4.36. The van der Waals surface area contributed by atoms with Gasteiger partial charge < -0.3 is 20.4 Å². The molecule has 4 nitrogen and oxygen atoms in total. The molecule has 2 aromatic rings. The van der Waals surface area contributed by atoms with Crippen molar-refractivity contribution in [2.75, 3.05) is 0 Å². The molecule has 0 radical (unpaired) electrons. The van der Waals surface area contributed by atoms with Crippen LogP contribution in [-0.4, -0.2) is 32.8 Å². The molecule has 0 aromatic heterocycles. The molecule has 2 aromatic carbocycles. The first-order valence-electron chi connectivity index (χ1n) is 5.94. The lowest BCUT2D eigenvalue weighted by atomic mass is 9.81. The molecule has 0 saturated carbocycles. The van der Waals surface area contributed by atoms with Gasteiger partial charge in [-0.15, -0.1) is 0 Å². The van der Waals surface area contributed by atoms with E-state index < -0.39 is 18.0 Å².